The van der Waals surface area contributed by atoms with Crippen molar-refractivity contribution in [1.29, 1.82) is 0 Å². The number of carbonyl (C=O) groups is 2. The molecular formula is C21H19F2N3O4S. The van der Waals surface area contributed by atoms with Crippen LogP contribution >= 0.6 is 11.8 Å². The number of aromatic nitrogens is 2. The third-order valence-corrected chi connectivity index (χ3v) is 4.83. The molecule has 3 aromatic rings. The van der Waals surface area contributed by atoms with Crippen molar-refractivity contribution >= 4 is 29.3 Å². The number of alkyl halides is 2. The van der Waals surface area contributed by atoms with Gasteiger partial charge in [-0.1, -0.05) is 30.0 Å². The summed E-state index contributed by atoms with van der Waals surface area (Å²) in [5.74, 6) is -1.58. The van der Waals surface area contributed by atoms with Gasteiger partial charge in [-0.25, -0.2) is 9.78 Å². The minimum Gasteiger partial charge on any atom is -0.449 e. The maximum Gasteiger partial charge on any atom is 0.387 e. The van der Waals surface area contributed by atoms with Crippen LogP contribution in [0, 0.1) is 0 Å². The summed E-state index contributed by atoms with van der Waals surface area (Å²) in [5.41, 5.74) is 1.01. The molecule has 162 valence electrons. The van der Waals surface area contributed by atoms with E-state index in [4.69, 9.17) is 4.74 Å². The van der Waals surface area contributed by atoms with Crippen molar-refractivity contribution in [3.8, 4) is 11.4 Å². The number of carbonyl (C=O) groups excluding carboxylic acids is 2. The van der Waals surface area contributed by atoms with Crippen LogP contribution in [0.3, 0.4) is 0 Å². The molecule has 1 N–H and O–H groups in total. The Labute approximate surface area is 181 Å². The Morgan fingerprint density at radius 3 is 2.68 bits per heavy atom. The fraction of sp³-hybridized carbons (Fsp3) is 0.190. The summed E-state index contributed by atoms with van der Waals surface area (Å²) in [7, 11) is 0. The van der Waals surface area contributed by atoms with Crippen molar-refractivity contribution in [1.82, 2.24) is 9.55 Å². The summed E-state index contributed by atoms with van der Waals surface area (Å²) in [6.07, 6.45) is 4.14. The highest BCUT2D eigenvalue weighted by Crippen LogP contribution is 2.26. The van der Waals surface area contributed by atoms with Gasteiger partial charge in [0.2, 0.25) is 0 Å². The van der Waals surface area contributed by atoms with Crippen molar-refractivity contribution in [2.24, 2.45) is 0 Å². The van der Waals surface area contributed by atoms with Gasteiger partial charge in [-0.3, -0.25) is 9.36 Å². The van der Waals surface area contributed by atoms with E-state index in [9.17, 15) is 18.4 Å². The van der Waals surface area contributed by atoms with Crippen LogP contribution in [0.4, 0.5) is 14.5 Å². The third-order valence-electron chi connectivity index (χ3n) is 4.16. The van der Waals surface area contributed by atoms with Crippen LogP contribution in [-0.2, 0) is 9.53 Å². The first kappa shape index (κ1) is 22.3. The molecule has 7 nitrogen and oxygen atoms in total. The normalized spacial score (nSPS) is 11.8. The summed E-state index contributed by atoms with van der Waals surface area (Å²) < 4.78 is 36.5. The predicted octanol–water partition coefficient (Wildman–Crippen LogP) is 4.38. The summed E-state index contributed by atoms with van der Waals surface area (Å²) in [5, 5.41) is 3.18. The Kier molecular flexibility index (Phi) is 7.24. The van der Waals surface area contributed by atoms with Crippen molar-refractivity contribution in [2.75, 3.05) is 11.6 Å². The predicted molar refractivity (Wildman–Crippen MR) is 112 cm³/mol. The fourth-order valence-corrected chi connectivity index (χ4v) is 3.23. The Balaban J connectivity index is 1.68. The van der Waals surface area contributed by atoms with Crippen molar-refractivity contribution in [3.05, 3.63) is 66.5 Å². The van der Waals surface area contributed by atoms with E-state index < -0.39 is 24.6 Å². The molecule has 0 bridgehead atoms. The molecule has 0 unspecified atom stereocenters. The molecule has 0 radical (unpaired) electrons. The lowest BCUT2D eigenvalue weighted by Gasteiger charge is -2.16. The number of anilines is 1. The average Bonchev–Trinajstić information content (AvgIpc) is 3.23. The molecule has 10 heteroatoms. The molecule has 2 aromatic carbocycles. The van der Waals surface area contributed by atoms with Gasteiger partial charge < -0.3 is 14.8 Å². The van der Waals surface area contributed by atoms with Gasteiger partial charge in [0.05, 0.1) is 11.3 Å². The molecule has 0 aliphatic heterocycles. The van der Waals surface area contributed by atoms with Gasteiger partial charge in [0.15, 0.2) is 11.3 Å². The van der Waals surface area contributed by atoms with Crippen LogP contribution in [0.25, 0.3) is 5.69 Å². The largest absolute Gasteiger partial charge is 0.449 e. The van der Waals surface area contributed by atoms with E-state index in [1.807, 2.05) is 16.9 Å². The van der Waals surface area contributed by atoms with Crippen LogP contribution in [0.2, 0.25) is 0 Å². The molecular weight excluding hydrogens is 428 g/mol. The van der Waals surface area contributed by atoms with Gasteiger partial charge in [-0.2, -0.15) is 8.78 Å². The lowest BCUT2D eigenvalue weighted by molar-refractivity contribution is -0.123. The second kappa shape index (κ2) is 10.1. The lowest BCUT2D eigenvalue weighted by atomic mass is 10.2. The number of nitrogens with zero attached hydrogens (tertiary/aromatic N) is 2. The number of hydrogen-bond acceptors (Lipinski definition) is 6. The van der Waals surface area contributed by atoms with E-state index in [-0.39, 0.29) is 17.0 Å². The van der Waals surface area contributed by atoms with Crippen LogP contribution < -0.4 is 10.1 Å². The van der Waals surface area contributed by atoms with E-state index >= 15 is 0 Å². The number of nitrogens with one attached hydrogen (secondary N) is 1. The highest BCUT2D eigenvalue weighted by atomic mass is 32.2. The first-order valence-corrected chi connectivity index (χ1v) is 10.3. The van der Waals surface area contributed by atoms with Crippen molar-refractivity contribution in [3.63, 3.8) is 0 Å². The number of hydrogen-bond donors (Lipinski definition) is 1. The number of para-hydroxylation sites is 2. The highest BCUT2D eigenvalue weighted by molar-refractivity contribution is 7.98. The SMILES string of the molecule is CSc1nccn1-c1cccc(C(=O)O[C@@H](C)C(=O)Nc2ccccc2OC(F)F)c1. The summed E-state index contributed by atoms with van der Waals surface area (Å²) in [4.78, 5) is 29.2. The molecule has 0 aliphatic rings. The standard InChI is InChI=1S/C21H19F2N3O4S/c1-13(18(27)25-16-8-3-4-9-17(16)30-20(22)23)29-19(28)14-6-5-7-15(12-14)26-11-10-24-21(26)31-2/h3-13,20H,1-2H3,(H,25,27)/t13-/m0/s1. The van der Waals surface area contributed by atoms with Crippen LogP contribution in [0.15, 0.2) is 66.1 Å². The molecule has 31 heavy (non-hydrogen) atoms. The van der Waals surface area contributed by atoms with Crippen LogP contribution in [0.1, 0.15) is 17.3 Å². The lowest BCUT2D eigenvalue weighted by Crippen LogP contribution is -2.30. The smallest absolute Gasteiger partial charge is 0.387 e. The van der Waals surface area contributed by atoms with Gasteiger partial charge in [0.1, 0.15) is 5.75 Å². The minimum atomic E-state index is -3.04. The van der Waals surface area contributed by atoms with Crippen LogP contribution in [-0.4, -0.2) is 40.4 Å². The molecule has 1 atom stereocenters. The van der Waals surface area contributed by atoms with Gasteiger partial charge in [0, 0.05) is 18.1 Å². The Hall–Kier alpha value is -3.40. The van der Waals surface area contributed by atoms with Crippen molar-refractivity contribution < 1.29 is 27.8 Å². The number of esters is 1. The van der Waals surface area contributed by atoms with Gasteiger partial charge >= 0.3 is 12.6 Å². The first-order chi connectivity index (χ1) is 14.9. The molecule has 1 heterocycles. The summed E-state index contributed by atoms with van der Waals surface area (Å²) in [6, 6.07) is 12.4. The second-order valence-corrected chi connectivity index (χ2v) is 7.02. The third kappa shape index (κ3) is 5.60. The zero-order valence-electron chi connectivity index (χ0n) is 16.6. The fourth-order valence-electron chi connectivity index (χ4n) is 2.71. The van der Waals surface area contributed by atoms with E-state index in [1.165, 1.54) is 36.9 Å². The van der Waals surface area contributed by atoms with Gasteiger partial charge in [0.25, 0.3) is 5.91 Å². The maximum absolute atomic E-state index is 12.5. The maximum atomic E-state index is 12.5. The molecule has 1 aromatic heterocycles. The number of imidazole rings is 1. The molecule has 0 fully saturated rings. The Morgan fingerprint density at radius 1 is 1.16 bits per heavy atom. The molecule has 0 saturated heterocycles. The molecule has 0 saturated carbocycles. The van der Waals surface area contributed by atoms with E-state index in [0.29, 0.717) is 5.69 Å². The number of halogens is 2. The van der Waals surface area contributed by atoms with Gasteiger partial charge in [-0.15, -0.1) is 0 Å². The average molecular weight is 447 g/mol. The highest BCUT2D eigenvalue weighted by Gasteiger charge is 2.21. The van der Waals surface area contributed by atoms with E-state index in [2.05, 4.69) is 15.0 Å². The second-order valence-electron chi connectivity index (χ2n) is 6.25. The number of amides is 1. The van der Waals surface area contributed by atoms with E-state index in [0.717, 1.165) is 5.16 Å². The summed E-state index contributed by atoms with van der Waals surface area (Å²) in [6.45, 7) is -1.65. The molecule has 3 rings (SSSR count). The number of rotatable bonds is 8. The number of thioether (sulfide) groups is 1. The van der Waals surface area contributed by atoms with Gasteiger partial charge in [-0.05, 0) is 43.5 Å². The molecule has 1 amide bonds. The zero-order chi connectivity index (χ0) is 22.4. The van der Waals surface area contributed by atoms with Crippen LogP contribution in [0.5, 0.6) is 5.75 Å². The monoisotopic (exact) mass is 447 g/mol. The Morgan fingerprint density at radius 2 is 1.94 bits per heavy atom. The number of ether oxygens (including phenoxy) is 2. The van der Waals surface area contributed by atoms with E-state index in [1.54, 1.807) is 36.7 Å². The molecule has 0 spiro atoms. The minimum absolute atomic E-state index is 0.0439. The molecule has 0 aliphatic carbocycles. The zero-order valence-corrected chi connectivity index (χ0v) is 17.4. The quantitative estimate of drug-likeness (QED) is 0.408. The van der Waals surface area contributed by atoms with Crippen molar-refractivity contribution in [2.45, 2.75) is 24.8 Å². The topological polar surface area (TPSA) is 82.5 Å². The number of benzene rings is 2. The first-order valence-electron chi connectivity index (χ1n) is 9.12. The summed E-state index contributed by atoms with van der Waals surface area (Å²) >= 11 is 1.46. The Bertz CT molecular complexity index is 1070.